The van der Waals surface area contributed by atoms with Crippen molar-refractivity contribution in [3.63, 3.8) is 0 Å². The molecule has 0 spiro atoms. The van der Waals surface area contributed by atoms with E-state index in [1.807, 2.05) is 6.20 Å². The molecule has 1 nitrogen and oxygen atoms in total. The first kappa shape index (κ1) is 14.0. The predicted molar refractivity (Wildman–Crippen MR) is 83.6 cm³/mol. The van der Waals surface area contributed by atoms with E-state index in [1.165, 1.54) is 22.0 Å². The molecule has 0 aliphatic carbocycles. The van der Waals surface area contributed by atoms with Gasteiger partial charge in [-0.2, -0.15) is 0 Å². The number of benzene rings is 1. The van der Waals surface area contributed by atoms with Crippen LogP contribution in [0.25, 0.3) is 10.8 Å². The number of nitrogens with zero attached hydrogens (tertiary/aromatic N) is 1. The molecule has 0 atom stereocenters. The third-order valence-corrected chi connectivity index (χ3v) is 3.41. The summed E-state index contributed by atoms with van der Waals surface area (Å²) in [5.41, 5.74) is 3.06. The Kier molecular flexibility index (Phi) is 3.42. The molecule has 0 N–H and O–H groups in total. The molecule has 0 radical (unpaired) electrons. The molecule has 2 rings (SSSR count). The lowest BCUT2D eigenvalue weighted by Crippen LogP contribution is -2.12. The zero-order valence-electron chi connectivity index (χ0n) is 13.0. The van der Waals surface area contributed by atoms with Gasteiger partial charge in [-0.3, -0.25) is 4.98 Å². The van der Waals surface area contributed by atoms with Crippen molar-refractivity contribution in [2.24, 2.45) is 5.41 Å². The largest absolute Gasteiger partial charge is 0.261 e. The summed E-state index contributed by atoms with van der Waals surface area (Å²) in [4.78, 5) is 4.58. The summed E-state index contributed by atoms with van der Waals surface area (Å²) in [6.07, 6.45) is 2.95. The highest BCUT2D eigenvalue weighted by Crippen LogP contribution is 2.29. The molecule has 0 amide bonds. The molecule has 1 heterocycles. The maximum absolute atomic E-state index is 4.58. The van der Waals surface area contributed by atoms with E-state index < -0.39 is 0 Å². The lowest BCUT2D eigenvalue weighted by atomic mass is 9.84. The van der Waals surface area contributed by atoms with E-state index in [0.29, 0.717) is 0 Å². The summed E-state index contributed by atoms with van der Waals surface area (Å²) in [5.74, 6) is 0. The van der Waals surface area contributed by atoms with E-state index in [-0.39, 0.29) is 10.8 Å². The van der Waals surface area contributed by atoms with Crippen LogP contribution in [0.2, 0.25) is 0 Å². The van der Waals surface area contributed by atoms with Gasteiger partial charge in [0.15, 0.2) is 0 Å². The molecule has 0 saturated carbocycles. The summed E-state index contributed by atoms with van der Waals surface area (Å²) in [5, 5.41) is 2.60. The molecular weight excluding hydrogens is 230 g/mol. The van der Waals surface area contributed by atoms with E-state index in [9.17, 15) is 0 Å². The highest BCUT2D eigenvalue weighted by atomic mass is 14.7. The van der Waals surface area contributed by atoms with Crippen molar-refractivity contribution >= 4 is 10.8 Å². The summed E-state index contributed by atoms with van der Waals surface area (Å²) in [7, 11) is 0. The van der Waals surface area contributed by atoms with Crippen LogP contribution in [-0.4, -0.2) is 4.98 Å². The van der Waals surface area contributed by atoms with Crippen molar-refractivity contribution in [1.82, 2.24) is 4.98 Å². The Morgan fingerprint density at radius 3 is 2.21 bits per heavy atom. The molecule has 1 aromatic carbocycles. The van der Waals surface area contributed by atoms with E-state index >= 15 is 0 Å². The lowest BCUT2D eigenvalue weighted by Gasteiger charge is -2.21. The van der Waals surface area contributed by atoms with E-state index in [0.717, 1.165) is 6.42 Å². The molecule has 0 fully saturated rings. The van der Waals surface area contributed by atoms with Crippen molar-refractivity contribution < 1.29 is 0 Å². The average molecular weight is 255 g/mol. The van der Waals surface area contributed by atoms with E-state index in [4.69, 9.17) is 0 Å². The quantitative estimate of drug-likeness (QED) is 0.689. The van der Waals surface area contributed by atoms with Crippen molar-refractivity contribution in [3.8, 4) is 0 Å². The maximum atomic E-state index is 4.58. The van der Waals surface area contributed by atoms with Gasteiger partial charge >= 0.3 is 0 Å². The molecule has 1 heteroatoms. The fourth-order valence-electron chi connectivity index (χ4n) is 2.35. The molecular formula is C18H25N. The van der Waals surface area contributed by atoms with Gasteiger partial charge in [0.05, 0.1) is 0 Å². The number of fused-ring (bicyclic) bond motifs is 1. The van der Waals surface area contributed by atoms with Crippen LogP contribution < -0.4 is 0 Å². The van der Waals surface area contributed by atoms with Gasteiger partial charge in [-0.1, -0.05) is 59.7 Å². The molecule has 0 aliphatic rings. The van der Waals surface area contributed by atoms with Crippen molar-refractivity contribution in [3.05, 3.63) is 41.7 Å². The second kappa shape index (κ2) is 4.63. The number of aromatic nitrogens is 1. The van der Waals surface area contributed by atoms with Crippen LogP contribution in [0.4, 0.5) is 0 Å². The molecule has 19 heavy (non-hydrogen) atoms. The van der Waals surface area contributed by atoms with Gasteiger partial charge in [-0.15, -0.1) is 0 Å². The fourth-order valence-corrected chi connectivity index (χ4v) is 2.35. The predicted octanol–water partition coefficient (Wildman–Crippen LogP) is 5.12. The van der Waals surface area contributed by atoms with E-state index in [2.05, 4.69) is 70.8 Å². The van der Waals surface area contributed by atoms with Crippen LogP contribution >= 0.6 is 0 Å². The van der Waals surface area contributed by atoms with Gasteiger partial charge in [0.2, 0.25) is 0 Å². The first-order chi connectivity index (χ1) is 8.67. The Bertz CT molecular complexity index is 583. The summed E-state index contributed by atoms with van der Waals surface area (Å²) in [6, 6.07) is 8.92. The van der Waals surface area contributed by atoms with Gasteiger partial charge in [-0.05, 0) is 34.3 Å². The molecule has 1 aromatic heterocycles. The second-order valence-corrected chi connectivity index (χ2v) is 7.68. The normalized spacial score (nSPS) is 12.9. The van der Waals surface area contributed by atoms with Crippen molar-refractivity contribution in [2.75, 3.05) is 0 Å². The van der Waals surface area contributed by atoms with Gasteiger partial charge in [0.25, 0.3) is 0 Å². The zero-order valence-corrected chi connectivity index (χ0v) is 13.0. The minimum atomic E-state index is 0.196. The topological polar surface area (TPSA) is 12.9 Å². The summed E-state index contributed by atoms with van der Waals surface area (Å²) in [6.45, 7) is 13.5. The third-order valence-electron chi connectivity index (χ3n) is 3.41. The van der Waals surface area contributed by atoms with Crippen LogP contribution in [0.1, 0.15) is 52.8 Å². The molecule has 102 valence electrons. The number of rotatable bonds is 1. The van der Waals surface area contributed by atoms with Crippen molar-refractivity contribution in [2.45, 2.75) is 53.4 Å². The highest BCUT2D eigenvalue weighted by Gasteiger charge is 2.17. The van der Waals surface area contributed by atoms with Gasteiger partial charge in [0, 0.05) is 17.3 Å². The van der Waals surface area contributed by atoms with E-state index in [1.54, 1.807) is 0 Å². The highest BCUT2D eigenvalue weighted by molar-refractivity contribution is 5.85. The second-order valence-electron chi connectivity index (χ2n) is 7.68. The monoisotopic (exact) mass is 255 g/mol. The Morgan fingerprint density at radius 1 is 0.947 bits per heavy atom. The van der Waals surface area contributed by atoms with Crippen LogP contribution in [0, 0.1) is 5.41 Å². The smallest absolute Gasteiger partial charge is 0.0487 e. The Morgan fingerprint density at radius 2 is 1.63 bits per heavy atom. The SMILES string of the molecule is CC(C)(C)Cc1nccc2cc(C(C)(C)C)ccc12. The third kappa shape index (κ3) is 3.34. The Labute approximate surface area is 117 Å². The van der Waals surface area contributed by atoms with Crippen LogP contribution in [-0.2, 0) is 11.8 Å². The first-order valence-electron chi connectivity index (χ1n) is 7.05. The minimum Gasteiger partial charge on any atom is -0.261 e. The number of hydrogen-bond donors (Lipinski definition) is 0. The maximum Gasteiger partial charge on any atom is 0.0487 e. The van der Waals surface area contributed by atoms with Gasteiger partial charge < -0.3 is 0 Å². The van der Waals surface area contributed by atoms with Crippen molar-refractivity contribution in [1.29, 1.82) is 0 Å². The molecule has 0 saturated heterocycles. The summed E-state index contributed by atoms with van der Waals surface area (Å²) < 4.78 is 0. The summed E-state index contributed by atoms with van der Waals surface area (Å²) >= 11 is 0. The number of pyridine rings is 1. The molecule has 0 aliphatic heterocycles. The molecule has 0 unspecified atom stereocenters. The lowest BCUT2D eigenvalue weighted by molar-refractivity contribution is 0.408. The van der Waals surface area contributed by atoms with Gasteiger partial charge in [-0.25, -0.2) is 0 Å². The standard InChI is InChI=1S/C18H25N/c1-17(2,3)12-16-15-8-7-14(18(4,5)6)11-13(15)9-10-19-16/h7-11H,12H2,1-6H3. The Balaban J connectivity index is 2.53. The van der Waals surface area contributed by atoms with Crippen LogP contribution in [0.5, 0.6) is 0 Å². The minimum absolute atomic E-state index is 0.196. The average Bonchev–Trinajstić information content (AvgIpc) is 2.25. The first-order valence-corrected chi connectivity index (χ1v) is 7.05. The van der Waals surface area contributed by atoms with Crippen LogP contribution in [0.15, 0.2) is 30.5 Å². The fraction of sp³-hybridized carbons (Fsp3) is 0.500. The zero-order chi connectivity index (χ0) is 14.3. The molecule has 0 bridgehead atoms. The van der Waals surface area contributed by atoms with Gasteiger partial charge in [0.1, 0.15) is 0 Å². The molecule has 2 aromatic rings. The Hall–Kier alpha value is -1.37. The number of hydrogen-bond acceptors (Lipinski definition) is 1. The van der Waals surface area contributed by atoms with Crippen LogP contribution in [0.3, 0.4) is 0 Å².